The third kappa shape index (κ3) is 6.43. The summed E-state index contributed by atoms with van der Waals surface area (Å²) < 4.78 is 5.10. The fourth-order valence-corrected chi connectivity index (χ4v) is 2.16. The summed E-state index contributed by atoms with van der Waals surface area (Å²) in [5, 5.41) is 12.0. The minimum Gasteiger partial charge on any atom is -0.497 e. The predicted octanol–water partition coefficient (Wildman–Crippen LogP) is 2.84. The molecule has 1 N–H and O–H groups in total. The van der Waals surface area contributed by atoms with E-state index in [9.17, 15) is 10.1 Å². The highest BCUT2D eigenvalue weighted by Crippen LogP contribution is 2.11. The SMILES string of the molecule is CCCN(/C=C(/C#N)C(=O)NCc1ccc(OC)cc1)CCC. The normalized spacial score (nSPS) is 10.8. The molecule has 0 unspecified atom stereocenters. The first kappa shape index (κ1) is 18.6. The molecule has 124 valence electrons. The number of ether oxygens (including phenoxy) is 1. The number of methoxy groups -OCH3 is 1. The molecule has 5 nitrogen and oxygen atoms in total. The van der Waals surface area contributed by atoms with Crippen molar-refractivity contribution in [2.24, 2.45) is 0 Å². The lowest BCUT2D eigenvalue weighted by Crippen LogP contribution is -2.27. The Morgan fingerprint density at radius 1 is 1.26 bits per heavy atom. The van der Waals surface area contributed by atoms with Gasteiger partial charge in [-0.1, -0.05) is 26.0 Å². The minimum absolute atomic E-state index is 0.139. The Hall–Kier alpha value is -2.48. The van der Waals surface area contributed by atoms with Crippen molar-refractivity contribution < 1.29 is 9.53 Å². The molecule has 0 bridgehead atoms. The molecule has 0 aliphatic heterocycles. The van der Waals surface area contributed by atoms with E-state index in [1.54, 1.807) is 13.3 Å². The molecule has 0 spiro atoms. The summed E-state index contributed by atoms with van der Waals surface area (Å²) in [5.74, 6) is 0.424. The van der Waals surface area contributed by atoms with Crippen LogP contribution in [-0.4, -0.2) is 31.0 Å². The molecule has 0 aliphatic carbocycles. The van der Waals surface area contributed by atoms with E-state index in [2.05, 4.69) is 19.2 Å². The number of hydrogen-bond donors (Lipinski definition) is 1. The quantitative estimate of drug-likeness (QED) is 0.562. The number of carbonyl (C=O) groups excluding carboxylic acids is 1. The molecule has 23 heavy (non-hydrogen) atoms. The van der Waals surface area contributed by atoms with Crippen molar-refractivity contribution in [3.63, 3.8) is 0 Å². The summed E-state index contributed by atoms with van der Waals surface area (Å²) in [7, 11) is 1.61. The van der Waals surface area contributed by atoms with Crippen molar-refractivity contribution in [2.45, 2.75) is 33.2 Å². The van der Waals surface area contributed by atoms with Crippen LogP contribution in [0.2, 0.25) is 0 Å². The van der Waals surface area contributed by atoms with Gasteiger partial charge in [-0.05, 0) is 30.5 Å². The van der Waals surface area contributed by atoms with Gasteiger partial charge in [0.15, 0.2) is 0 Å². The lowest BCUT2D eigenvalue weighted by molar-refractivity contribution is -0.117. The molecule has 0 aromatic heterocycles. The second-order valence-corrected chi connectivity index (χ2v) is 5.22. The number of nitrogens with one attached hydrogen (secondary N) is 1. The monoisotopic (exact) mass is 315 g/mol. The average Bonchev–Trinajstić information content (AvgIpc) is 2.58. The van der Waals surface area contributed by atoms with E-state index in [0.717, 1.165) is 37.2 Å². The molecule has 0 aliphatic rings. The Morgan fingerprint density at radius 3 is 2.35 bits per heavy atom. The van der Waals surface area contributed by atoms with Gasteiger partial charge in [-0.15, -0.1) is 0 Å². The molecule has 1 aromatic rings. The maximum absolute atomic E-state index is 12.2. The first-order valence-corrected chi connectivity index (χ1v) is 7.91. The highest BCUT2D eigenvalue weighted by Gasteiger charge is 2.10. The second kappa shape index (κ2) is 10.3. The number of benzene rings is 1. The molecule has 0 saturated carbocycles. The van der Waals surface area contributed by atoms with Crippen LogP contribution in [0.5, 0.6) is 5.75 Å². The Balaban J connectivity index is 2.66. The number of amides is 1. The zero-order chi connectivity index (χ0) is 17.1. The Morgan fingerprint density at radius 2 is 1.87 bits per heavy atom. The fourth-order valence-electron chi connectivity index (χ4n) is 2.16. The summed E-state index contributed by atoms with van der Waals surface area (Å²) >= 11 is 0. The van der Waals surface area contributed by atoms with Gasteiger partial charge in [0.05, 0.1) is 7.11 Å². The van der Waals surface area contributed by atoms with Crippen molar-refractivity contribution in [2.75, 3.05) is 20.2 Å². The van der Waals surface area contributed by atoms with Gasteiger partial charge in [-0.2, -0.15) is 5.26 Å². The van der Waals surface area contributed by atoms with Gasteiger partial charge in [0.1, 0.15) is 17.4 Å². The molecular formula is C18H25N3O2. The van der Waals surface area contributed by atoms with E-state index < -0.39 is 0 Å². The molecule has 0 radical (unpaired) electrons. The van der Waals surface area contributed by atoms with E-state index in [-0.39, 0.29) is 11.5 Å². The topological polar surface area (TPSA) is 65.4 Å². The number of rotatable bonds is 9. The van der Waals surface area contributed by atoms with Crippen LogP contribution in [0, 0.1) is 11.3 Å². The molecule has 0 fully saturated rings. The highest BCUT2D eigenvalue weighted by molar-refractivity contribution is 5.97. The van der Waals surface area contributed by atoms with E-state index >= 15 is 0 Å². The number of nitriles is 1. The summed E-state index contributed by atoms with van der Waals surface area (Å²) in [6.07, 6.45) is 3.61. The Labute approximate surface area is 138 Å². The molecule has 1 amide bonds. The van der Waals surface area contributed by atoms with Gasteiger partial charge >= 0.3 is 0 Å². The first-order valence-electron chi connectivity index (χ1n) is 7.91. The van der Waals surface area contributed by atoms with Gasteiger partial charge in [0, 0.05) is 25.8 Å². The first-order chi connectivity index (χ1) is 11.1. The molecular weight excluding hydrogens is 290 g/mol. The zero-order valence-electron chi connectivity index (χ0n) is 14.1. The Kier molecular flexibility index (Phi) is 8.30. The lowest BCUT2D eigenvalue weighted by Gasteiger charge is -2.19. The van der Waals surface area contributed by atoms with E-state index in [4.69, 9.17) is 4.74 Å². The van der Waals surface area contributed by atoms with Gasteiger partial charge in [0.2, 0.25) is 0 Å². The second-order valence-electron chi connectivity index (χ2n) is 5.22. The van der Waals surface area contributed by atoms with Crippen LogP contribution < -0.4 is 10.1 Å². The molecule has 0 atom stereocenters. The van der Waals surface area contributed by atoms with Gasteiger partial charge in [0.25, 0.3) is 5.91 Å². The zero-order valence-corrected chi connectivity index (χ0v) is 14.1. The van der Waals surface area contributed by atoms with Gasteiger partial charge < -0.3 is 15.0 Å². The summed E-state index contributed by atoms with van der Waals surface area (Å²) in [4.78, 5) is 14.2. The maximum Gasteiger partial charge on any atom is 0.263 e. The van der Waals surface area contributed by atoms with E-state index in [1.807, 2.05) is 35.2 Å². The molecule has 1 aromatic carbocycles. The van der Waals surface area contributed by atoms with Crippen molar-refractivity contribution in [3.05, 3.63) is 41.6 Å². The summed E-state index contributed by atoms with van der Waals surface area (Å²) in [6, 6.07) is 9.44. The van der Waals surface area contributed by atoms with Crippen molar-refractivity contribution in [1.82, 2.24) is 10.2 Å². The number of nitrogens with zero attached hydrogens (tertiary/aromatic N) is 2. The standard InChI is InChI=1S/C18H25N3O2/c1-4-10-21(11-5-2)14-16(12-19)18(22)20-13-15-6-8-17(23-3)9-7-15/h6-9,14H,4-5,10-11,13H2,1-3H3,(H,20,22)/b16-14-. The summed E-state index contributed by atoms with van der Waals surface area (Å²) in [6.45, 7) is 6.21. The van der Waals surface area contributed by atoms with Gasteiger partial charge in [-0.25, -0.2) is 0 Å². The number of hydrogen-bond acceptors (Lipinski definition) is 4. The van der Waals surface area contributed by atoms with Crippen LogP contribution in [0.15, 0.2) is 36.0 Å². The molecule has 5 heteroatoms. The molecule has 0 saturated heterocycles. The van der Waals surface area contributed by atoms with Crippen LogP contribution in [0.3, 0.4) is 0 Å². The van der Waals surface area contributed by atoms with Gasteiger partial charge in [-0.3, -0.25) is 4.79 Å². The molecule has 0 heterocycles. The minimum atomic E-state index is -0.347. The van der Waals surface area contributed by atoms with E-state index in [1.165, 1.54) is 0 Å². The smallest absolute Gasteiger partial charge is 0.263 e. The third-order valence-corrected chi connectivity index (χ3v) is 3.31. The largest absolute Gasteiger partial charge is 0.497 e. The predicted molar refractivity (Wildman–Crippen MR) is 90.7 cm³/mol. The van der Waals surface area contributed by atoms with Crippen molar-refractivity contribution in [1.29, 1.82) is 5.26 Å². The van der Waals surface area contributed by atoms with Crippen LogP contribution >= 0.6 is 0 Å². The Bertz CT molecular complexity index is 553. The van der Waals surface area contributed by atoms with E-state index in [0.29, 0.717) is 6.54 Å². The van der Waals surface area contributed by atoms with Crippen LogP contribution in [-0.2, 0) is 11.3 Å². The van der Waals surface area contributed by atoms with Crippen molar-refractivity contribution >= 4 is 5.91 Å². The fraction of sp³-hybridized carbons (Fsp3) is 0.444. The third-order valence-electron chi connectivity index (χ3n) is 3.31. The maximum atomic E-state index is 12.2. The average molecular weight is 315 g/mol. The van der Waals surface area contributed by atoms with Crippen LogP contribution in [0.4, 0.5) is 0 Å². The lowest BCUT2D eigenvalue weighted by atomic mass is 10.2. The van der Waals surface area contributed by atoms with Crippen LogP contribution in [0.25, 0.3) is 0 Å². The summed E-state index contributed by atoms with van der Waals surface area (Å²) in [5.41, 5.74) is 1.09. The highest BCUT2D eigenvalue weighted by atomic mass is 16.5. The van der Waals surface area contributed by atoms with Crippen molar-refractivity contribution in [3.8, 4) is 11.8 Å². The van der Waals surface area contributed by atoms with Crippen LogP contribution in [0.1, 0.15) is 32.3 Å². The molecule has 1 rings (SSSR count). The number of carbonyl (C=O) groups is 1.